The number of nitrogens with zero attached hydrogens (tertiary/aromatic N) is 1. The highest BCUT2D eigenvalue weighted by Crippen LogP contribution is 2.37. The van der Waals surface area contributed by atoms with Crippen LogP contribution in [0.3, 0.4) is 0 Å². The number of halogens is 1. The number of rotatable bonds is 4. The topological polar surface area (TPSA) is 49.4 Å². The number of carbonyl (C=O) groups is 2. The van der Waals surface area contributed by atoms with Crippen molar-refractivity contribution in [2.75, 3.05) is 10.2 Å². The molecule has 0 saturated heterocycles. The van der Waals surface area contributed by atoms with Gasteiger partial charge in [-0.05, 0) is 41.3 Å². The van der Waals surface area contributed by atoms with Crippen LogP contribution in [-0.2, 0) is 9.59 Å². The quantitative estimate of drug-likeness (QED) is 0.415. The fourth-order valence-electron chi connectivity index (χ4n) is 3.82. The highest BCUT2D eigenvalue weighted by molar-refractivity contribution is 6.47. The van der Waals surface area contributed by atoms with Gasteiger partial charge in [-0.1, -0.05) is 78.3 Å². The van der Waals surface area contributed by atoms with E-state index in [1.54, 1.807) is 30.3 Å². The Morgan fingerprint density at radius 2 is 1.35 bits per heavy atom. The van der Waals surface area contributed by atoms with E-state index in [0.29, 0.717) is 21.8 Å². The molecule has 0 aromatic heterocycles. The van der Waals surface area contributed by atoms with Crippen LogP contribution in [0.25, 0.3) is 16.3 Å². The van der Waals surface area contributed by atoms with Crippen LogP contribution in [-0.4, -0.2) is 11.8 Å². The van der Waals surface area contributed by atoms with Gasteiger partial charge in [-0.15, -0.1) is 0 Å². The Labute approximate surface area is 184 Å². The number of anilines is 2. The second kappa shape index (κ2) is 7.74. The molecule has 0 unspecified atom stereocenters. The molecule has 0 bridgehead atoms. The van der Waals surface area contributed by atoms with Gasteiger partial charge in [-0.3, -0.25) is 9.59 Å². The summed E-state index contributed by atoms with van der Waals surface area (Å²) in [4.78, 5) is 28.4. The fraction of sp³-hybridized carbons (Fsp3) is 0. The van der Waals surface area contributed by atoms with Gasteiger partial charge < -0.3 is 5.32 Å². The van der Waals surface area contributed by atoms with Gasteiger partial charge in [-0.25, -0.2) is 4.90 Å². The van der Waals surface area contributed by atoms with E-state index in [9.17, 15) is 9.59 Å². The first-order valence-electron chi connectivity index (χ1n) is 9.82. The minimum Gasteiger partial charge on any atom is -0.350 e. The number of benzene rings is 4. The molecule has 4 aromatic carbocycles. The van der Waals surface area contributed by atoms with Crippen LogP contribution in [0.2, 0.25) is 5.02 Å². The third kappa shape index (κ3) is 3.37. The Kier molecular flexibility index (Phi) is 4.77. The first-order chi connectivity index (χ1) is 15.1. The number of nitrogens with one attached hydrogen (secondary N) is 1. The molecule has 0 radical (unpaired) electrons. The van der Waals surface area contributed by atoms with E-state index < -0.39 is 5.91 Å². The molecule has 4 nitrogen and oxygen atoms in total. The third-order valence-electron chi connectivity index (χ3n) is 5.27. The molecule has 5 heteroatoms. The number of amides is 2. The highest BCUT2D eigenvalue weighted by atomic mass is 35.5. The molecule has 4 aromatic rings. The first kappa shape index (κ1) is 19.1. The molecule has 5 rings (SSSR count). The van der Waals surface area contributed by atoms with Crippen LogP contribution in [0.4, 0.5) is 11.4 Å². The van der Waals surface area contributed by atoms with Crippen LogP contribution < -0.4 is 10.2 Å². The monoisotopic (exact) mass is 424 g/mol. The van der Waals surface area contributed by atoms with Crippen molar-refractivity contribution in [2.45, 2.75) is 0 Å². The predicted molar refractivity (Wildman–Crippen MR) is 125 cm³/mol. The Bertz CT molecular complexity index is 1340. The van der Waals surface area contributed by atoms with E-state index in [4.69, 9.17) is 11.6 Å². The average molecular weight is 425 g/mol. The molecule has 1 aliphatic rings. The lowest BCUT2D eigenvalue weighted by Gasteiger charge is -2.18. The third-order valence-corrected chi connectivity index (χ3v) is 5.52. The maximum absolute atomic E-state index is 13.6. The van der Waals surface area contributed by atoms with Crippen molar-refractivity contribution in [3.8, 4) is 0 Å². The Morgan fingerprint density at radius 3 is 2.13 bits per heavy atom. The van der Waals surface area contributed by atoms with E-state index in [0.717, 1.165) is 16.5 Å². The zero-order valence-electron chi connectivity index (χ0n) is 16.4. The molecule has 0 spiro atoms. The molecular formula is C26H17ClN2O2. The molecule has 150 valence electrons. The lowest BCUT2D eigenvalue weighted by molar-refractivity contribution is -0.120. The van der Waals surface area contributed by atoms with Gasteiger partial charge in [0, 0.05) is 16.1 Å². The normalized spacial score (nSPS) is 13.9. The van der Waals surface area contributed by atoms with Crippen LogP contribution in [0, 0.1) is 0 Å². The van der Waals surface area contributed by atoms with Gasteiger partial charge in [0.2, 0.25) is 0 Å². The molecule has 2 amide bonds. The van der Waals surface area contributed by atoms with E-state index >= 15 is 0 Å². The summed E-state index contributed by atoms with van der Waals surface area (Å²) in [5.74, 6) is -0.766. The van der Waals surface area contributed by atoms with Gasteiger partial charge in [0.15, 0.2) is 0 Å². The lowest BCUT2D eigenvalue weighted by atomic mass is 10.0. The maximum Gasteiger partial charge on any atom is 0.282 e. The molecular weight excluding hydrogens is 408 g/mol. The van der Waals surface area contributed by atoms with Crippen molar-refractivity contribution < 1.29 is 9.59 Å². The van der Waals surface area contributed by atoms with Crippen LogP contribution in [0.1, 0.15) is 5.56 Å². The minimum absolute atomic E-state index is 0.242. The number of carbonyl (C=O) groups excluding carboxylic acids is 2. The first-order valence-corrected chi connectivity index (χ1v) is 10.2. The van der Waals surface area contributed by atoms with Crippen molar-refractivity contribution in [3.05, 3.63) is 113 Å². The Hall–Kier alpha value is -3.89. The molecule has 0 saturated carbocycles. The molecule has 0 fully saturated rings. The maximum atomic E-state index is 13.6. The minimum atomic E-state index is -0.393. The zero-order valence-corrected chi connectivity index (χ0v) is 17.1. The van der Waals surface area contributed by atoms with Gasteiger partial charge in [-0.2, -0.15) is 0 Å². The highest BCUT2D eigenvalue weighted by Gasteiger charge is 2.40. The van der Waals surface area contributed by atoms with Gasteiger partial charge in [0.25, 0.3) is 11.8 Å². The molecule has 0 aliphatic carbocycles. The fourth-order valence-corrected chi connectivity index (χ4v) is 3.94. The SMILES string of the molecule is O=C1C(Nc2ccccc2)=C(c2ccc(Cl)cc2)C(=O)N1c1cccc2ccccc12. The number of hydrogen-bond donors (Lipinski definition) is 1. The summed E-state index contributed by atoms with van der Waals surface area (Å²) in [7, 11) is 0. The van der Waals surface area contributed by atoms with Crippen molar-refractivity contribution in [2.24, 2.45) is 0 Å². The number of para-hydroxylation sites is 1. The summed E-state index contributed by atoms with van der Waals surface area (Å²) in [6.07, 6.45) is 0. The van der Waals surface area contributed by atoms with Crippen molar-refractivity contribution in [1.29, 1.82) is 0 Å². The molecule has 1 heterocycles. The molecule has 1 aliphatic heterocycles. The Balaban J connectivity index is 1.67. The summed E-state index contributed by atoms with van der Waals surface area (Å²) >= 11 is 6.05. The van der Waals surface area contributed by atoms with E-state index in [1.165, 1.54) is 4.90 Å². The molecule has 31 heavy (non-hydrogen) atoms. The summed E-state index contributed by atoms with van der Waals surface area (Å²) < 4.78 is 0. The number of hydrogen-bond acceptors (Lipinski definition) is 3. The largest absolute Gasteiger partial charge is 0.350 e. The summed E-state index contributed by atoms with van der Waals surface area (Å²) in [5, 5.41) is 5.52. The van der Waals surface area contributed by atoms with Crippen LogP contribution in [0.5, 0.6) is 0 Å². The van der Waals surface area contributed by atoms with E-state index in [-0.39, 0.29) is 11.6 Å². The van der Waals surface area contributed by atoms with E-state index in [2.05, 4.69) is 5.32 Å². The van der Waals surface area contributed by atoms with Gasteiger partial charge in [0.1, 0.15) is 5.70 Å². The van der Waals surface area contributed by atoms with E-state index in [1.807, 2.05) is 66.7 Å². The number of fused-ring (bicyclic) bond motifs is 1. The van der Waals surface area contributed by atoms with Crippen LogP contribution >= 0.6 is 11.6 Å². The van der Waals surface area contributed by atoms with Crippen molar-refractivity contribution in [1.82, 2.24) is 0 Å². The lowest BCUT2D eigenvalue weighted by Crippen LogP contribution is -2.32. The standard InChI is InChI=1S/C26H17ClN2O2/c27-19-15-13-18(14-16-19)23-24(28-20-9-2-1-3-10-20)26(31)29(25(23)30)22-12-6-8-17-7-4-5-11-21(17)22/h1-16,28H. The molecule has 0 atom stereocenters. The van der Waals surface area contributed by atoms with Crippen molar-refractivity contribution in [3.63, 3.8) is 0 Å². The predicted octanol–water partition coefficient (Wildman–Crippen LogP) is 5.89. The summed E-state index contributed by atoms with van der Waals surface area (Å²) in [6, 6.07) is 29.6. The van der Waals surface area contributed by atoms with Crippen LogP contribution in [0.15, 0.2) is 103 Å². The molecule has 1 N–H and O–H groups in total. The number of imide groups is 1. The summed E-state index contributed by atoms with van der Waals surface area (Å²) in [5.41, 5.74) is 2.48. The average Bonchev–Trinajstić information content (AvgIpc) is 3.04. The second-order valence-electron chi connectivity index (χ2n) is 7.19. The summed E-state index contributed by atoms with van der Waals surface area (Å²) in [6.45, 7) is 0. The van der Waals surface area contributed by atoms with Gasteiger partial charge in [0.05, 0.1) is 11.3 Å². The smallest absolute Gasteiger partial charge is 0.282 e. The zero-order chi connectivity index (χ0) is 21.4. The van der Waals surface area contributed by atoms with Gasteiger partial charge >= 0.3 is 0 Å². The second-order valence-corrected chi connectivity index (χ2v) is 7.63. The van der Waals surface area contributed by atoms with Crippen molar-refractivity contribution >= 4 is 51.1 Å². The Morgan fingerprint density at radius 1 is 0.677 bits per heavy atom.